The lowest BCUT2D eigenvalue weighted by Gasteiger charge is -2.10. The predicted molar refractivity (Wildman–Crippen MR) is 94.2 cm³/mol. The van der Waals surface area contributed by atoms with Gasteiger partial charge in [0.1, 0.15) is 0 Å². The van der Waals surface area contributed by atoms with E-state index in [0.717, 1.165) is 11.3 Å². The average Bonchev–Trinajstić information content (AvgIpc) is 2.28. The Kier molecular flexibility index (Phi) is 8.06. The first-order valence-corrected chi connectivity index (χ1v) is 7.46. The number of halogens is 1. The molecule has 1 aromatic rings. The van der Waals surface area contributed by atoms with Crippen molar-refractivity contribution in [3.8, 4) is 0 Å². The van der Waals surface area contributed by atoms with Gasteiger partial charge in [0.05, 0.1) is 12.3 Å². The molecule has 0 heterocycles. The Bertz CT molecular complexity index is 558. The minimum absolute atomic E-state index is 0. The Labute approximate surface area is 137 Å². The number of benzene rings is 1. The molecule has 0 spiro atoms. The number of nitrogens with two attached hydrogens (primary N) is 1. The minimum Gasteiger partial charge on any atom is -0.370 e. The largest absolute Gasteiger partial charge is 0.370 e. The van der Waals surface area contributed by atoms with Crippen molar-refractivity contribution in [3.05, 3.63) is 29.8 Å². The van der Waals surface area contributed by atoms with Gasteiger partial charge in [-0.2, -0.15) is 0 Å². The Morgan fingerprint density at radius 1 is 1.40 bits per heavy atom. The van der Waals surface area contributed by atoms with E-state index in [-0.39, 0.29) is 42.2 Å². The van der Waals surface area contributed by atoms with Crippen LogP contribution in [0.1, 0.15) is 5.56 Å². The number of rotatable bonds is 5. The van der Waals surface area contributed by atoms with Crippen LogP contribution in [0.15, 0.2) is 29.3 Å². The van der Waals surface area contributed by atoms with E-state index >= 15 is 0 Å². The third kappa shape index (κ3) is 6.53. The van der Waals surface area contributed by atoms with Gasteiger partial charge in [-0.1, -0.05) is 12.1 Å². The fourth-order valence-corrected chi connectivity index (χ4v) is 2.06. The summed E-state index contributed by atoms with van der Waals surface area (Å²) in [6, 6.07) is 7.68. The van der Waals surface area contributed by atoms with Gasteiger partial charge in [0.25, 0.3) is 0 Å². The number of aryl methyl sites for hydroxylation is 1. The van der Waals surface area contributed by atoms with Crippen LogP contribution < -0.4 is 11.1 Å². The molecule has 1 rings (SSSR count). The second-order valence-electron chi connectivity index (χ2n) is 4.36. The van der Waals surface area contributed by atoms with Crippen molar-refractivity contribution in [1.29, 1.82) is 0 Å². The van der Waals surface area contributed by atoms with E-state index in [2.05, 4.69) is 10.3 Å². The first kappa shape index (κ1) is 19.1. The van der Waals surface area contributed by atoms with Crippen LogP contribution in [-0.4, -0.2) is 45.1 Å². The zero-order valence-electron chi connectivity index (χ0n) is 11.8. The summed E-state index contributed by atoms with van der Waals surface area (Å²) in [4.78, 5) is 3.99. The number of nitrogens with one attached hydrogen (secondary N) is 1. The van der Waals surface area contributed by atoms with Crippen LogP contribution in [0.3, 0.4) is 0 Å². The van der Waals surface area contributed by atoms with Gasteiger partial charge in [0.15, 0.2) is 5.96 Å². The zero-order chi connectivity index (χ0) is 14.5. The number of sulfonamides is 1. The highest BCUT2D eigenvalue weighted by Gasteiger charge is 2.12. The summed E-state index contributed by atoms with van der Waals surface area (Å²) < 4.78 is 24.2. The van der Waals surface area contributed by atoms with Crippen LogP contribution in [0.25, 0.3) is 0 Å². The van der Waals surface area contributed by atoms with Crippen LogP contribution in [-0.2, 0) is 10.0 Å². The first-order valence-electron chi connectivity index (χ1n) is 5.85. The van der Waals surface area contributed by atoms with Crippen molar-refractivity contribution in [2.45, 2.75) is 6.92 Å². The van der Waals surface area contributed by atoms with Gasteiger partial charge in [-0.05, 0) is 24.6 Å². The van der Waals surface area contributed by atoms with Gasteiger partial charge in [-0.15, -0.1) is 24.0 Å². The summed E-state index contributed by atoms with van der Waals surface area (Å²) in [5.41, 5.74) is 7.63. The van der Waals surface area contributed by atoms with E-state index in [1.165, 1.54) is 18.4 Å². The molecule has 0 amide bonds. The number of hydrogen-bond donors (Lipinski definition) is 2. The van der Waals surface area contributed by atoms with E-state index in [9.17, 15) is 8.42 Å². The molecule has 8 heteroatoms. The lowest BCUT2D eigenvalue weighted by molar-refractivity contribution is 0.521. The molecule has 0 unspecified atom stereocenters. The Morgan fingerprint density at radius 2 is 2.05 bits per heavy atom. The summed E-state index contributed by atoms with van der Waals surface area (Å²) >= 11 is 0. The maximum atomic E-state index is 11.5. The number of anilines is 1. The highest BCUT2D eigenvalue weighted by Crippen LogP contribution is 2.08. The molecule has 0 aromatic heterocycles. The van der Waals surface area contributed by atoms with Gasteiger partial charge in [0.2, 0.25) is 10.0 Å². The molecule has 20 heavy (non-hydrogen) atoms. The number of hydrogen-bond acceptors (Lipinski definition) is 3. The number of nitrogens with zero attached hydrogens (tertiary/aromatic N) is 2. The van der Waals surface area contributed by atoms with Crippen LogP contribution in [0.2, 0.25) is 0 Å². The van der Waals surface area contributed by atoms with Crippen LogP contribution in [0.5, 0.6) is 0 Å². The molecule has 0 radical (unpaired) electrons. The van der Waals surface area contributed by atoms with Crippen molar-refractivity contribution < 1.29 is 8.42 Å². The van der Waals surface area contributed by atoms with Crippen molar-refractivity contribution in [3.63, 3.8) is 0 Å². The second kappa shape index (κ2) is 8.42. The quantitative estimate of drug-likeness (QED) is 0.433. The monoisotopic (exact) mass is 412 g/mol. The zero-order valence-corrected chi connectivity index (χ0v) is 15.0. The molecule has 1 aromatic carbocycles. The number of guanidine groups is 1. The maximum absolute atomic E-state index is 11.5. The van der Waals surface area contributed by atoms with Gasteiger partial charge in [-0.3, -0.25) is 4.99 Å². The first-order chi connectivity index (χ1) is 8.81. The van der Waals surface area contributed by atoms with Crippen molar-refractivity contribution in [1.82, 2.24) is 4.31 Å². The normalized spacial score (nSPS) is 12.1. The van der Waals surface area contributed by atoms with E-state index in [1.54, 1.807) is 0 Å². The molecular weight excluding hydrogens is 391 g/mol. The summed E-state index contributed by atoms with van der Waals surface area (Å²) in [6.45, 7) is 2.10. The van der Waals surface area contributed by atoms with E-state index in [1.807, 2.05) is 31.2 Å². The van der Waals surface area contributed by atoms with Gasteiger partial charge < -0.3 is 11.1 Å². The predicted octanol–water partition coefficient (Wildman–Crippen LogP) is 1.23. The molecule has 0 atom stereocenters. The standard InChI is InChI=1S/C12H20N4O2S.HI/c1-10-5-4-6-11(9-10)15-12(13)14-7-8-19(17,18)16(2)3;/h4-6,9H,7-8H2,1-3H3,(H3,13,14,15);1H. The van der Waals surface area contributed by atoms with Crippen molar-refractivity contribution in [2.24, 2.45) is 10.7 Å². The molecule has 0 bridgehead atoms. The van der Waals surface area contributed by atoms with Crippen molar-refractivity contribution >= 4 is 45.6 Å². The molecule has 0 aliphatic carbocycles. The molecular formula is C12H21IN4O2S. The highest BCUT2D eigenvalue weighted by molar-refractivity contribution is 14.0. The molecule has 0 aliphatic heterocycles. The van der Waals surface area contributed by atoms with Gasteiger partial charge >= 0.3 is 0 Å². The Balaban J connectivity index is 0.00000361. The molecule has 6 nitrogen and oxygen atoms in total. The minimum atomic E-state index is -3.23. The molecule has 0 fully saturated rings. The lowest BCUT2D eigenvalue weighted by atomic mass is 10.2. The molecule has 0 saturated heterocycles. The van der Waals surface area contributed by atoms with Gasteiger partial charge in [0, 0.05) is 19.8 Å². The summed E-state index contributed by atoms with van der Waals surface area (Å²) in [7, 11) is -0.244. The summed E-state index contributed by atoms with van der Waals surface area (Å²) in [6.07, 6.45) is 0. The lowest BCUT2D eigenvalue weighted by Crippen LogP contribution is -2.28. The van der Waals surface area contributed by atoms with Crippen LogP contribution >= 0.6 is 24.0 Å². The molecule has 0 saturated carbocycles. The van der Waals surface area contributed by atoms with Crippen LogP contribution in [0.4, 0.5) is 5.69 Å². The SMILES string of the molecule is Cc1cccc(NC(N)=NCCS(=O)(=O)N(C)C)c1.I. The van der Waals surface area contributed by atoms with E-state index in [0.29, 0.717) is 0 Å². The summed E-state index contributed by atoms with van der Waals surface area (Å²) in [5, 5.41) is 2.92. The maximum Gasteiger partial charge on any atom is 0.215 e. The fraction of sp³-hybridized carbons (Fsp3) is 0.417. The third-order valence-electron chi connectivity index (χ3n) is 2.48. The van der Waals surface area contributed by atoms with Crippen LogP contribution in [0, 0.1) is 6.92 Å². The van der Waals surface area contributed by atoms with E-state index in [4.69, 9.17) is 5.73 Å². The molecule has 0 aliphatic rings. The fourth-order valence-electron chi connectivity index (χ4n) is 1.37. The third-order valence-corrected chi connectivity index (χ3v) is 4.29. The Morgan fingerprint density at radius 3 is 2.60 bits per heavy atom. The highest BCUT2D eigenvalue weighted by atomic mass is 127. The number of aliphatic imine (C=N–C) groups is 1. The Hall–Kier alpha value is -0.870. The smallest absolute Gasteiger partial charge is 0.215 e. The molecule has 114 valence electrons. The second-order valence-corrected chi connectivity index (χ2v) is 6.66. The topological polar surface area (TPSA) is 87.8 Å². The van der Waals surface area contributed by atoms with E-state index < -0.39 is 10.0 Å². The molecule has 3 N–H and O–H groups in total. The van der Waals surface area contributed by atoms with Crippen molar-refractivity contribution in [2.75, 3.05) is 31.7 Å². The van der Waals surface area contributed by atoms with Gasteiger partial charge in [-0.25, -0.2) is 12.7 Å². The average molecular weight is 412 g/mol. The summed E-state index contributed by atoms with van der Waals surface area (Å²) in [5.74, 6) is 0.149.